The van der Waals surface area contributed by atoms with Gasteiger partial charge < -0.3 is 18.9 Å². The number of morpholine rings is 1. The third-order valence-electron chi connectivity index (χ3n) is 6.21. The zero-order valence-electron chi connectivity index (χ0n) is 19.4. The third-order valence-corrected chi connectivity index (χ3v) is 6.21. The van der Waals surface area contributed by atoms with Crippen LogP contribution in [0.1, 0.15) is 25.2 Å². The van der Waals surface area contributed by atoms with E-state index < -0.39 is 6.61 Å². The Morgan fingerprint density at radius 3 is 2.66 bits per heavy atom. The molecule has 2 aliphatic rings. The largest absolute Gasteiger partial charge is 0.435 e. The maximum absolute atomic E-state index is 13.1. The number of aromatic nitrogens is 5. The summed E-state index contributed by atoms with van der Waals surface area (Å²) in [4.78, 5) is 20.8. The lowest BCUT2D eigenvalue weighted by Gasteiger charge is -2.26. The molecule has 0 amide bonds. The number of fused-ring (bicyclic) bond motifs is 3. The molecule has 10 heteroatoms. The van der Waals surface area contributed by atoms with Gasteiger partial charge >= 0.3 is 6.61 Å². The predicted octanol–water partition coefficient (Wildman–Crippen LogP) is 4.47. The van der Waals surface area contributed by atoms with E-state index in [1.807, 2.05) is 16.7 Å². The molecule has 2 aliphatic heterocycles. The van der Waals surface area contributed by atoms with E-state index >= 15 is 0 Å². The van der Waals surface area contributed by atoms with E-state index in [-0.39, 0.29) is 11.8 Å². The minimum absolute atomic E-state index is 0.128. The lowest BCUT2D eigenvalue weighted by atomic mass is 10.0. The Labute approximate surface area is 201 Å². The highest BCUT2D eigenvalue weighted by Gasteiger charge is 2.32. The third kappa shape index (κ3) is 4.53. The van der Waals surface area contributed by atoms with Gasteiger partial charge in [-0.25, -0.2) is 19.9 Å². The number of anilines is 1. The van der Waals surface area contributed by atoms with Gasteiger partial charge in [0, 0.05) is 43.0 Å². The maximum Gasteiger partial charge on any atom is 0.387 e. The number of nitrogens with zero attached hydrogens (tertiary/aromatic N) is 6. The van der Waals surface area contributed by atoms with Gasteiger partial charge in [0.15, 0.2) is 5.65 Å². The smallest absolute Gasteiger partial charge is 0.387 e. The molecule has 1 atom stereocenters. The highest BCUT2D eigenvalue weighted by Crippen LogP contribution is 2.39. The molecule has 0 saturated carbocycles. The van der Waals surface area contributed by atoms with Crippen molar-refractivity contribution >= 4 is 17.1 Å². The molecule has 1 unspecified atom stereocenters. The van der Waals surface area contributed by atoms with Crippen molar-refractivity contribution in [2.45, 2.75) is 32.4 Å². The zero-order chi connectivity index (χ0) is 24.4. The molecule has 182 valence electrons. The summed E-state index contributed by atoms with van der Waals surface area (Å²) in [6, 6.07) is 3.56. The van der Waals surface area contributed by atoms with Crippen LogP contribution in [0.2, 0.25) is 0 Å². The number of ether oxygens (including phenoxy) is 2. The average Bonchev–Trinajstić information content (AvgIpc) is 3.46. The van der Waals surface area contributed by atoms with Crippen molar-refractivity contribution in [2.24, 2.45) is 0 Å². The van der Waals surface area contributed by atoms with Crippen LogP contribution in [0.15, 0.2) is 60.7 Å². The summed E-state index contributed by atoms with van der Waals surface area (Å²) in [5.41, 5.74) is 3.54. The SMILES string of the molecule is C=C/C=C(\C(=C/C)OC(F)F)C1CCc2nc3ccc(-c4cnc(N5CCOCC5)nc4)nc3n21. The second-order valence-electron chi connectivity index (χ2n) is 8.25. The van der Waals surface area contributed by atoms with Crippen molar-refractivity contribution in [3.05, 3.63) is 66.5 Å². The van der Waals surface area contributed by atoms with E-state index in [1.54, 1.807) is 37.5 Å². The number of hydrogen-bond acceptors (Lipinski definition) is 7. The Balaban J connectivity index is 1.50. The van der Waals surface area contributed by atoms with Gasteiger partial charge in [-0.15, -0.1) is 0 Å². The number of halogens is 2. The number of allylic oxidation sites excluding steroid dienone is 4. The summed E-state index contributed by atoms with van der Waals surface area (Å²) in [5.74, 6) is 1.65. The fourth-order valence-electron chi connectivity index (χ4n) is 4.64. The normalized spacial score (nSPS) is 18.9. The van der Waals surface area contributed by atoms with E-state index in [0.717, 1.165) is 30.0 Å². The van der Waals surface area contributed by atoms with Crippen LogP contribution >= 0.6 is 0 Å². The molecule has 5 rings (SSSR count). The van der Waals surface area contributed by atoms with Gasteiger partial charge in [-0.2, -0.15) is 8.78 Å². The van der Waals surface area contributed by atoms with Crippen LogP contribution in [0.5, 0.6) is 0 Å². The van der Waals surface area contributed by atoms with Crippen molar-refractivity contribution < 1.29 is 18.3 Å². The predicted molar refractivity (Wildman–Crippen MR) is 128 cm³/mol. The molecular formula is C25H26F2N6O2. The van der Waals surface area contributed by atoms with Crippen molar-refractivity contribution in [2.75, 3.05) is 31.2 Å². The first kappa shape index (κ1) is 23.1. The number of alkyl halides is 2. The lowest BCUT2D eigenvalue weighted by molar-refractivity contribution is -0.0941. The summed E-state index contributed by atoms with van der Waals surface area (Å²) in [5, 5.41) is 0. The van der Waals surface area contributed by atoms with Crippen molar-refractivity contribution in [3.63, 3.8) is 0 Å². The molecule has 0 radical (unpaired) electrons. The van der Waals surface area contributed by atoms with Crippen LogP contribution in [0.4, 0.5) is 14.7 Å². The van der Waals surface area contributed by atoms with Gasteiger partial charge in [0.2, 0.25) is 5.95 Å². The number of imidazole rings is 1. The second kappa shape index (κ2) is 9.91. The molecular weight excluding hydrogens is 454 g/mol. The molecule has 0 N–H and O–H groups in total. The first-order valence-corrected chi connectivity index (χ1v) is 11.6. The first-order chi connectivity index (χ1) is 17.1. The second-order valence-corrected chi connectivity index (χ2v) is 8.25. The van der Waals surface area contributed by atoms with Crippen LogP contribution in [0.25, 0.3) is 22.4 Å². The topological polar surface area (TPSA) is 78.2 Å². The molecule has 1 fully saturated rings. The summed E-state index contributed by atoms with van der Waals surface area (Å²) in [6.45, 7) is 5.36. The molecule has 3 aromatic heterocycles. The molecule has 0 aromatic carbocycles. The molecule has 0 bridgehead atoms. The van der Waals surface area contributed by atoms with Crippen LogP contribution in [-0.2, 0) is 15.9 Å². The van der Waals surface area contributed by atoms with Crippen LogP contribution in [-0.4, -0.2) is 57.4 Å². The van der Waals surface area contributed by atoms with Crippen LogP contribution in [0, 0.1) is 0 Å². The fourth-order valence-corrected chi connectivity index (χ4v) is 4.64. The Morgan fingerprint density at radius 1 is 1.20 bits per heavy atom. The standard InChI is InChI=1S/C25H26F2N6O2/c1-3-5-17(21(4-2)35-24(26)27)20-8-9-22-30-19-7-6-18(31-23(19)33(20)22)16-14-28-25(29-15-16)32-10-12-34-13-11-32/h3-7,14-15,20,24H,1,8-13H2,2H3/b17-5-,21-4+. The summed E-state index contributed by atoms with van der Waals surface area (Å²) < 4.78 is 38.4. The van der Waals surface area contributed by atoms with Gasteiger partial charge in [-0.05, 0) is 31.6 Å². The Bertz CT molecular complexity index is 1280. The molecule has 0 aliphatic carbocycles. The molecule has 5 heterocycles. The van der Waals surface area contributed by atoms with E-state index in [1.165, 1.54) is 0 Å². The van der Waals surface area contributed by atoms with Crippen LogP contribution < -0.4 is 4.90 Å². The van der Waals surface area contributed by atoms with Gasteiger partial charge in [0.1, 0.15) is 17.1 Å². The van der Waals surface area contributed by atoms with Gasteiger partial charge in [-0.1, -0.05) is 18.7 Å². The van der Waals surface area contributed by atoms with Gasteiger partial charge in [0.25, 0.3) is 0 Å². The maximum atomic E-state index is 13.1. The first-order valence-electron chi connectivity index (χ1n) is 11.6. The summed E-state index contributed by atoms with van der Waals surface area (Å²) in [7, 11) is 0. The fraction of sp³-hybridized carbons (Fsp3) is 0.360. The lowest BCUT2D eigenvalue weighted by Crippen LogP contribution is -2.37. The highest BCUT2D eigenvalue weighted by molar-refractivity contribution is 5.76. The summed E-state index contributed by atoms with van der Waals surface area (Å²) >= 11 is 0. The van der Waals surface area contributed by atoms with Gasteiger partial charge in [0.05, 0.1) is 24.9 Å². The van der Waals surface area contributed by atoms with Gasteiger partial charge in [-0.3, -0.25) is 0 Å². The van der Waals surface area contributed by atoms with E-state index in [2.05, 4.69) is 21.4 Å². The van der Waals surface area contributed by atoms with E-state index in [0.29, 0.717) is 48.9 Å². The monoisotopic (exact) mass is 480 g/mol. The zero-order valence-corrected chi connectivity index (χ0v) is 19.4. The molecule has 0 spiro atoms. The Kier molecular flexibility index (Phi) is 6.54. The average molecular weight is 481 g/mol. The van der Waals surface area contributed by atoms with Crippen molar-refractivity contribution in [1.29, 1.82) is 0 Å². The Morgan fingerprint density at radius 2 is 1.97 bits per heavy atom. The number of pyridine rings is 1. The van der Waals surface area contributed by atoms with E-state index in [4.69, 9.17) is 19.4 Å². The number of rotatable bonds is 7. The highest BCUT2D eigenvalue weighted by atomic mass is 19.3. The van der Waals surface area contributed by atoms with Crippen molar-refractivity contribution in [1.82, 2.24) is 24.5 Å². The molecule has 8 nitrogen and oxygen atoms in total. The minimum Gasteiger partial charge on any atom is -0.435 e. The minimum atomic E-state index is -2.92. The summed E-state index contributed by atoms with van der Waals surface area (Å²) in [6.07, 6.45) is 9.77. The molecule has 3 aromatic rings. The van der Waals surface area contributed by atoms with Crippen molar-refractivity contribution in [3.8, 4) is 11.3 Å². The van der Waals surface area contributed by atoms with Crippen LogP contribution in [0.3, 0.4) is 0 Å². The quantitative estimate of drug-likeness (QED) is 0.365. The Hall–Kier alpha value is -3.66. The van der Waals surface area contributed by atoms with E-state index in [9.17, 15) is 8.78 Å². The molecule has 1 saturated heterocycles. The number of aryl methyl sites for hydroxylation is 1. The number of hydrogen-bond donors (Lipinski definition) is 0. The molecule has 35 heavy (non-hydrogen) atoms.